The standard InChI is InChI=1S/C18H13FN4/c19-14-4-1-3-13(11-14)12-17-22-16-5-2-8-21-18(16)23(17)15-6-9-20-10-7-15/h1-11H,12H2. The molecule has 0 bridgehead atoms. The van der Waals surface area contributed by atoms with Crippen LogP contribution in [0.3, 0.4) is 0 Å². The van der Waals surface area contributed by atoms with Gasteiger partial charge >= 0.3 is 0 Å². The van der Waals surface area contributed by atoms with Crippen molar-refractivity contribution < 1.29 is 4.39 Å². The molecule has 23 heavy (non-hydrogen) atoms. The molecule has 0 amide bonds. The lowest BCUT2D eigenvalue weighted by Crippen LogP contribution is -2.03. The number of halogens is 1. The minimum atomic E-state index is -0.243. The molecule has 0 unspecified atom stereocenters. The molecule has 5 heteroatoms. The summed E-state index contributed by atoms with van der Waals surface area (Å²) in [6.45, 7) is 0. The number of fused-ring (bicyclic) bond motifs is 1. The van der Waals surface area contributed by atoms with Gasteiger partial charge in [-0.25, -0.2) is 14.4 Å². The summed E-state index contributed by atoms with van der Waals surface area (Å²) in [5.41, 5.74) is 3.41. The van der Waals surface area contributed by atoms with Crippen molar-refractivity contribution in [1.82, 2.24) is 19.5 Å². The van der Waals surface area contributed by atoms with Crippen molar-refractivity contribution in [3.63, 3.8) is 0 Å². The largest absolute Gasteiger partial charge is 0.280 e. The van der Waals surface area contributed by atoms with E-state index in [1.54, 1.807) is 24.7 Å². The third-order valence-corrected chi connectivity index (χ3v) is 3.66. The van der Waals surface area contributed by atoms with E-state index < -0.39 is 0 Å². The first-order valence-electron chi connectivity index (χ1n) is 7.28. The predicted molar refractivity (Wildman–Crippen MR) is 85.9 cm³/mol. The van der Waals surface area contributed by atoms with Crippen LogP contribution in [0.2, 0.25) is 0 Å². The highest BCUT2D eigenvalue weighted by atomic mass is 19.1. The van der Waals surface area contributed by atoms with Crippen molar-refractivity contribution in [3.8, 4) is 5.69 Å². The Bertz CT molecular complexity index is 963. The van der Waals surface area contributed by atoms with E-state index in [0.29, 0.717) is 6.42 Å². The van der Waals surface area contributed by atoms with Crippen LogP contribution in [-0.4, -0.2) is 19.5 Å². The monoisotopic (exact) mass is 304 g/mol. The van der Waals surface area contributed by atoms with Crippen molar-refractivity contribution in [3.05, 3.63) is 84.3 Å². The lowest BCUT2D eigenvalue weighted by atomic mass is 10.1. The highest BCUT2D eigenvalue weighted by molar-refractivity contribution is 5.73. The number of hydrogen-bond acceptors (Lipinski definition) is 3. The number of hydrogen-bond donors (Lipinski definition) is 0. The third kappa shape index (κ3) is 2.57. The minimum absolute atomic E-state index is 0.243. The van der Waals surface area contributed by atoms with E-state index in [2.05, 4.69) is 15.0 Å². The van der Waals surface area contributed by atoms with E-state index in [1.165, 1.54) is 12.1 Å². The van der Waals surface area contributed by atoms with Gasteiger partial charge in [0.05, 0.1) is 5.69 Å². The quantitative estimate of drug-likeness (QED) is 0.581. The van der Waals surface area contributed by atoms with Gasteiger partial charge in [0, 0.05) is 25.0 Å². The zero-order valence-corrected chi connectivity index (χ0v) is 12.2. The van der Waals surface area contributed by atoms with Crippen molar-refractivity contribution in [2.24, 2.45) is 0 Å². The fourth-order valence-corrected chi connectivity index (χ4v) is 2.67. The van der Waals surface area contributed by atoms with Crippen molar-refractivity contribution >= 4 is 11.2 Å². The predicted octanol–water partition coefficient (Wildman–Crippen LogP) is 3.55. The van der Waals surface area contributed by atoms with Gasteiger partial charge in [0.2, 0.25) is 0 Å². The second-order valence-corrected chi connectivity index (χ2v) is 5.22. The maximum Gasteiger partial charge on any atom is 0.164 e. The van der Waals surface area contributed by atoms with E-state index in [1.807, 2.05) is 34.9 Å². The van der Waals surface area contributed by atoms with Crippen LogP contribution < -0.4 is 0 Å². The summed E-state index contributed by atoms with van der Waals surface area (Å²) in [5, 5.41) is 0. The fraction of sp³-hybridized carbons (Fsp3) is 0.0556. The Morgan fingerprint density at radius 1 is 0.957 bits per heavy atom. The van der Waals surface area contributed by atoms with Gasteiger partial charge in [-0.3, -0.25) is 9.55 Å². The molecule has 0 saturated heterocycles. The third-order valence-electron chi connectivity index (χ3n) is 3.66. The van der Waals surface area contributed by atoms with E-state index in [-0.39, 0.29) is 5.82 Å². The number of benzene rings is 1. The normalized spacial score (nSPS) is 11.0. The van der Waals surface area contributed by atoms with Gasteiger partial charge < -0.3 is 0 Å². The van der Waals surface area contributed by atoms with Gasteiger partial charge in [-0.05, 0) is 42.0 Å². The summed E-state index contributed by atoms with van der Waals surface area (Å²) in [7, 11) is 0. The van der Waals surface area contributed by atoms with E-state index >= 15 is 0 Å². The molecule has 0 aliphatic carbocycles. The fourth-order valence-electron chi connectivity index (χ4n) is 2.67. The van der Waals surface area contributed by atoms with E-state index in [0.717, 1.165) is 28.2 Å². The smallest absolute Gasteiger partial charge is 0.164 e. The molecule has 0 fully saturated rings. The average Bonchev–Trinajstić information content (AvgIpc) is 2.93. The Balaban J connectivity index is 1.89. The van der Waals surface area contributed by atoms with Crippen LogP contribution in [0.4, 0.5) is 4.39 Å². The van der Waals surface area contributed by atoms with Crippen LogP contribution >= 0.6 is 0 Å². The molecule has 0 radical (unpaired) electrons. The Morgan fingerprint density at radius 3 is 2.65 bits per heavy atom. The highest BCUT2D eigenvalue weighted by Gasteiger charge is 2.13. The van der Waals surface area contributed by atoms with Crippen molar-refractivity contribution in [2.75, 3.05) is 0 Å². The van der Waals surface area contributed by atoms with Gasteiger partial charge in [0.25, 0.3) is 0 Å². The molecule has 1 aromatic carbocycles. The lowest BCUT2D eigenvalue weighted by molar-refractivity contribution is 0.625. The van der Waals surface area contributed by atoms with Crippen molar-refractivity contribution in [1.29, 1.82) is 0 Å². The first kappa shape index (κ1) is 13.6. The Hall–Kier alpha value is -3.08. The summed E-state index contributed by atoms with van der Waals surface area (Å²) in [5.74, 6) is 0.572. The van der Waals surface area contributed by atoms with Gasteiger partial charge in [-0.1, -0.05) is 12.1 Å². The van der Waals surface area contributed by atoms with Crippen LogP contribution in [0.5, 0.6) is 0 Å². The molecule has 4 nitrogen and oxygen atoms in total. The molecule has 0 aliphatic heterocycles. The van der Waals surface area contributed by atoms with E-state index in [9.17, 15) is 4.39 Å². The van der Waals surface area contributed by atoms with Crippen LogP contribution in [0.1, 0.15) is 11.4 Å². The van der Waals surface area contributed by atoms with Gasteiger partial charge in [0.1, 0.15) is 17.2 Å². The lowest BCUT2D eigenvalue weighted by Gasteiger charge is -2.08. The molecular weight excluding hydrogens is 291 g/mol. The zero-order valence-electron chi connectivity index (χ0n) is 12.2. The number of imidazole rings is 1. The first-order chi connectivity index (χ1) is 11.3. The Morgan fingerprint density at radius 2 is 1.83 bits per heavy atom. The van der Waals surface area contributed by atoms with Crippen LogP contribution in [0.25, 0.3) is 16.9 Å². The second kappa shape index (κ2) is 5.61. The molecule has 0 spiro atoms. The van der Waals surface area contributed by atoms with E-state index in [4.69, 9.17) is 0 Å². The number of nitrogens with zero attached hydrogens (tertiary/aromatic N) is 4. The van der Waals surface area contributed by atoms with Gasteiger partial charge in [0.15, 0.2) is 5.65 Å². The summed E-state index contributed by atoms with van der Waals surface area (Å²) in [6, 6.07) is 14.2. The van der Waals surface area contributed by atoms with Crippen LogP contribution in [0.15, 0.2) is 67.1 Å². The molecule has 3 heterocycles. The maximum absolute atomic E-state index is 13.5. The zero-order chi connectivity index (χ0) is 15.6. The number of pyridine rings is 2. The van der Waals surface area contributed by atoms with Crippen LogP contribution in [0, 0.1) is 5.82 Å². The summed E-state index contributed by atoms with van der Waals surface area (Å²) in [6.07, 6.45) is 5.73. The van der Waals surface area contributed by atoms with Crippen LogP contribution in [-0.2, 0) is 6.42 Å². The summed E-state index contributed by atoms with van der Waals surface area (Å²) >= 11 is 0. The van der Waals surface area contributed by atoms with Gasteiger partial charge in [-0.2, -0.15) is 0 Å². The molecule has 0 saturated carbocycles. The minimum Gasteiger partial charge on any atom is -0.280 e. The second-order valence-electron chi connectivity index (χ2n) is 5.22. The van der Waals surface area contributed by atoms with Gasteiger partial charge in [-0.15, -0.1) is 0 Å². The molecule has 112 valence electrons. The molecule has 4 rings (SSSR count). The van der Waals surface area contributed by atoms with Crippen molar-refractivity contribution in [2.45, 2.75) is 6.42 Å². The Kier molecular flexibility index (Phi) is 3.31. The molecule has 0 aliphatic rings. The maximum atomic E-state index is 13.5. The Labute approximate surface area is 132 Å². The summed E-state index contributed by atoms with van der Waals surface area (Å²) in [4.78, 5) is 13.2. The molecular formula is C18H13FN4. The molecule has 3 aromatic heterocycles. The SMILES string of the molecule is Fc1cccc(Cc2nc3cccnc3n2-c2ccncc2)c1. The average molecular weight is 304 g/mol. The number of rotatable bonds is 3. The molecule has 0 atom stereocenters. The first-order valence-corrected chi connectivity index (χ1v) is 7.28. The highest BCUT2D eigenvalue weighted by Crippen LogP contribution is 2.21. The molecule has 0 N–H and O–H groups in total. The topological polar surface area (TPSA) is 43.6 Å². The summed E-state index contributed by atoms with van der Waals surface area (Å²) < 4.78 is 15.4. The number of aromatic nitrogens is 4. The molecule has 4 aromatic rings.